The predicted molar refractivity (Wildman–Crippen MR) is 69.8 cm³/mol. The zero-order valence-corrected chi connectivity index (χ0v) is 10.8. The Labute approximate surface area is 101 Å². The van der Waals surface area contributed by atoms with E-state index in [9.17, 15) is 0 Å². The van der Waals surface area contributed by atoms with E-state index in [4.69, 9.17) is 0 Å². The van der Waals surface area contributed by atoms with Crippen LogP contribution < -0.4 is 0 Å². The van der Waals surface area contributed by atoms with Crippen LogP contribution in [0, 0.1) is 11.8 Å². The van der Waals surface area contributed by atoms with Gasteiger partial charge in [0, 0.05) is 16.5 Å². The summed E-state index contributed by atoms with van der Waals surface area (Å²) in [6.07, 6.45) is 6.17. The molecule has 0 bridgehead atoms. The van der Waals surface area contributed by atoms with Crippen molar-refractivity contribution in [2.75, 3.05) is 0 Å². The lowest BCUT2D eigenvalue weighted by molar-refractivity contribution is 0.679. The van der Waals surface area contributed by atoms with Gasteiger partial charge in [0.25, 0.3) is 0 Å². The molecule has 1 aromatic rings. The monoisotopic (exact) mass is 264 g/mol. The highest BCUT2D eigenvalue weighted by Gasteiger charge is 1.91. The minimum Gasteiger partial charge on any atom is -0.0979 e. The van der Waals surface area contributed by atoms with Crippen molar-refractivity contribution in [1.82, 2.24) is 0 Å². The molecule has 80 valence electrons. The minimum absolute atomic E-state index is 1.02. The van der Waals surface area contributed by atoms with Crippen LogP contribution in [0.15, 0.2) is 28.7 Å². The molecule has 0 saturated heterocycles. The highest BCUT2D eigenvalue weighted by molar-refractivity contribution is 9.10. The van der Waals surface area contributed by atoms with Crippen LogP contribution in [0.1, 0.15) is 44.6 Å². The Hall–Kier alpha value is -0.740. The molecule has 1 rings (SSSR count). The molecule has 0 atom stereocenters. The average Bonchev–Trinajstić information content (AvgIpc) is 2.25. The van der Waals surface area contributed by atoms with Crippen LogP contribution in [0.5, 0.6) is 0 Å². The molecule has 0 heterocycles. The Balaban J connectivity index is 2.35. The fraction of sp³-hybridized carbons (Fsp3) is 0.429. The Kier molecular flexibility index (Phi) is 6.20. The molecule has 0 aliphatic rings. The Morgan fingerprint density at radius 3 is 2.67 bits per heavy atom. The minimum atomic E-state index is 1.02. The lowest BCUT2D eigenvalue weighted by Crippen LogP contribution is -1.77. The van der Waals surface area contributed by atoms with Crippen LogP contribution in [0.4, 0.5) is 0 Å². The van der Waals surface area contributed by atoms with Crippen molar-refractivity contribution < 1.29 is 0 Å². The van der Waals surface area contributed by atoms with Gasteiger partial charge in [0.05, 0.1) is 0 Å². The molecule has 0 saturated carbocycles. The summed E-state index contributed by atoms with van der Waals surface area (Å²) in [7, 11) is 0. The second-order valence-corrected chi connectivity index (χ2v) is 4.45. The Morgan fingerprint density at radius 2 is 1.93 bits per heavy atom. The smallest absolute Gasteiger partial charge is 0.0387 e. The van der Waals surface area contributed by atoms with E-state index >= 15 is 0 Å². The summed E-state index contributed by atoms with van der Waals surface area (Å²) in [6.45, 7) is 2.23. The summed E-state index contributed by atoms with van der Waals surface area (Å²) < 4.78 is 1.09. The van der Waals surface area contributed by atoms with E-state index in [1.165, 1.54) is 25.7 Å². The van der Waals surface area contributed by atoms with Crippen LogP contribution in [-0.4, -0.2) is 0 Å². The topological polar surface area (TPSA) is 0 Å². The van der Waals surface area contributed by atoms with Crippen molar-refractivity contribution in [2.24, 2.45) is 0 Å². The Morgan fingerprint density at radius 1 is 1.13 bits per heavy atom. The molecule has 1 aromatic carbocycles. The van der Waals surface area contributed by atoms with Crippen LogP contribution in [0.25, 0.3) is 0 Å². The lowest BCUT2D eigenvalue weighted by atomic mass is 10.1. The summed E-state index contributed by atoms with van der Waals surface area (Å²) in [5.41, 5.74) is 1.09. The quantitative estimate of drug-likeness (QED) is 0.543. The van der Waals surface area contributed by atoms with Crippen molar-refractivity contribution in [3.05, 3.63) is 34.3 Å². The molecule has 1 heteroatoms. The van der Waals surface area contributed by atoms with E-state index in [1.807, 2.05) is 24.3 Å². The lowest BCUT2D eigenvalue weighted by Gasteiger charge is -1.94. The molecule has 0 aromatic heterocycles. The van der Waals surface area contributed by atoms with Crippen molar-refractivity contribution in [1.29, 1.82) is 0 Å². The van der Waals surface area contributed by atoms with E-state index in [2.05, 4.69) is 34.7 Å². The third-order valence-electron chi connectivity index (χ3n) is 2.25. The predicted octanol–water partition coefficient (Wildman–Crippen LogP) is 4.77. The van der Waals surface area contributed by atoms with Gasteiger partial charge in [-0.2, -0.15) is 0 Å². The zero-order valence-electron chi connectivity index (χ0n) is 9.22. The molecule has 0 aliphatic carbocycles. The van der Waals surface area contributed by atoms with Crippen LogP contribution in [0.3, 0.4) is 0 Å². The summed E-state index contributed by atoms with van der Waals surface area (Å²) >= 11 is 3.49. The van der Waals surface area contributed by atoms with Gasteiger partial charge in [0.2, 0.25) is 0 Å². The van der Waals surface area contributed by atoms with E-state index < -0.39 is 0 Å². The highest BCUT2D eigenvalue weighted by atomic mass is 79.9. The number of benzene rings is 1. The molecule has 0 aliphatic heterocycles. The summed E-state index contributed by atoms with van der Waals surface area (Å²) in [5.74, 6) is 6.41. The zero-order chi connectivity index (χ0) is 10.9. The van der Waals surface area contributed by atoms with Crippen LogP contribution in [0.2, 0.25) is 0 Å². The first-order chi connectivity index (χ1) is 7.34. The largest absolute Gasteiger partial charge is 0.0979 e. The van der Waals surface area contributed by atoms with Gasteiger partial charge in [0.15, 0.2) is 0 Å². The van der Waals surface area contributed by atoms with Gasteiger partial charge in [-0.25, -0.2) is 0 Å². The normalized spacial score (nSPS) is 9.47. The summed E-state index contributed by atoms with van der Waals surface area (Å²) in [6, 6.07) is 8.10. The van der Waals surface area contributed by atoms with E-state index in [0.717, 1.165) is 16.5 Å². The first-order valence-electron chi connectivity index (χ1n) is 5.58. The molecule has 0 nitrogen and oxygen atoms in total. The second kappa shape index (κ2) is 7.54. The van der Waals surface area contributed by atoms with Crippen LogP contribution >= 0.6 is 15.9 Å². The summed E-state index contributed by atoms with van der Waals surface area (Å²) in [4.78, 5) is 0. The second-order valence-electron chi connectivity index (χ2n) is 3.59. The van der Waals surface area contributed by atoms with E-state index in [1.54, 1.807) is 0 Å². The molecule has 0 radical (unpaired) electrons. The summed E-state index contributed by atoms with van der Waals surface area (Å²) in [5, 5.41) is 0. The fourth-order valence-corrected chi connectivity index (χ4v) is 1.74. The van der Waals surface area contributed by atoms with Gasteiger partial charge < -0.3 is 0 Å². The first-order valence-corrected chi connectivity index (χ1v) is 6.37. The first kappa shape index (κ1) is 12.3. The molecule has 0 N–H and O–H groups in total. The molecule has 0 amide bonds. The van der Waals surface area contributed by atoms with Crippen LogP contribution in [-0.2, 0) is 0 Å². The number of hydrogen-bond acceptors (Lipinski definition) is 0. The van der Waals surface area contributed by atoms with Gasteiger partial charge in [-0.05, 0) is 34.5 Å². The van der Waals surface area contributed by atoms with Gasteiger partial charge >= 0.3 is 0 Å². The van der Waals surface area contributed by atoms with Crippen molar-refractivity contribution in [3.63, 3.8) is 0 Å². The molecule has 15 heavy (non-hydrogen) atoms. The Bertz CT molecular complexity index is 344. The molecular weight excluding hydrogens is 248 g/mol. The maximum atomic E-state index is 3.49. The third-order valence-corrected chi connectivity index (χ3v) is 2.94. The molecular formula is C14H17Br. The molecule has 0 unspecified atom stereocenters. The number of unbranched alkanes of at least 4 members (excludes halogenated alkanes) is 4. The van der Waals surface area contributed by atoms with E-state index in [0.29, 0.717) is 0 Å². The van der Waals surface area contributed by atoms with Gasteiger partial charge in [-0.1, -0.05) is 50.2 Å². The van der Waals surface area contributed by atoms with Crippen molar-refractivity contribution >= 4 is 15.9 Å². The highest BCUT2D eigenvalue weighted by Crippen LogP contribution is 2.14. The van der Waals surface area contributed by atoms with Gasteiger partial charge in [-0.15, -0.1) is 0 Å². The van der Waals surface area contributed by atoms with Gasteiger partial charge in [0.1, 0.15) is 0 Å². The number of halogens is 1. The number of rotatable bonds is 4. The fourth-order valence-electron chi connectivity index (χ4n) is 1.36. The maximum Gasteiger partial charge on any atom is 0.0387 e. The van der Waals surface area contributed by atoms with Gasteiger partial charge in [-0.3, -0.25) is 0 Å². The number of hydrogen-bond donors (Lipinski definition) is 0. The van der Waals surface area contributed by atoms with E-state index in [-0.39, 0.29) is 0 Å². The van der Waals surface area contributed by atoms with Crippen molar-refractivity contribution in [3.8, 4) is 11.8 Å². The third kappa shape index (κ3) is 5.04. The molecule has 0 spiro atoms. The SMILES string of the molecule is CCCCCCC#Cc1ccccc1Br. The standard InChI is InChI=1S/C14H17Br/c1-2-3-4-5-6-7-10-13-11-8-9-12-14(13)15/h8-9,11-12H,2-6H2,1H3. The van der Waals surface area contributed by atoms with Crippen molar-refractivity contribution in [2.45, 2.75) is 39.0 Å². The average molecular weight is 265 g/mol. The molecule has 0 fully saturated rings. The maximum absolute atomic E-state index is 3.49.